The number of hydrogen-bond donors (Lipinski definition) is 3. The molecule has 0 atom stereocenters. The number of ether oxygens (including phenoxy) is 2. The van der Waals surface area contributed by atoms with Crippen molar-refractivity contribution in [1.82, 2.24) is 16.2 Å². The summed E-state index contributed by atoms with van der Waals surface area (Å²) in [7, 11) is 0. The quantitative estimate of drug-likeness (QED) is 0.270. The molecule has 0 spiro atoms. The molecule has 8 nitrogen and oxygen atoms in total. The van der Waals surface area contributed by atoms with Crippen molar-refractivity contribution in [1.29, 1.82) is 0 Å². The average Bonchev–Trinajstić information content (AvgIpc) is 2.63. The summed E-state index contributed by atoms with van der Waals surface area (Å²) in [6, 6.07) is 6.65. The van der Waals surface area contributed by atoms with Gasteiger partial charge >= 0.3 is 5.97 Å². The summed E-state index contributed by atoms with van der Waals surface area (Å²) >= 11 is 4.91. The van der Waals surface area contributed by atoms with E-state index < -0.39 is 17.8 Å². The van der Waals surface area contributed by atoms with Crippen LogP contribution < -0.4 is 20.9 Å². The van der Waals surface area contributed by atoms with Gasteiger partial charge in [0.2, 0.25) is 5.91 Å². The number of para-hydroxylation sites is 1. The molecule has 9 heteroatoms. The lowest BCUT2D eigenvalue weighted by molar-refractivity contribution is -0.144. The normalized spacial score (nSPS) is 9.58. The first-order valence-electron chi connectivity index (χ1n) is 7.86. The van der Waals surface area contributed by atoms with Crippen molar-refractivity contribution in [2.45, 2.75) is 19.8 Å². The van der Waals surface area contributed by atoms with E-state index in [4.69, 9.17) is 21.7 Å². The van der Waals surface area contributed by atoms with E-state index in [1.807, 2.05) is 0 Å². The fourth-order valence-corrected chi connectivity index (χ4v) is 1.94. The van der Waals surface area contributed by atoms with Gasteiger partial charge in [-0.05, 0) is 31.3 Å². The maximum Gasteiger partial charge on any atom is 0.306 e. The molecule has 0 aliphatic rings. The van der Waals surface area contributed by atoms with Crippen molar-refractivity contribution in [2.75, 3.05) is 13.2 Å². The van der Waals surface area contributed by atoms with Crippen LogP contribution in [0.15, 0.2) is 36.9 Å². The molecular weight excluding hydrogens is 358 g/mol. The average molecular weight is 379 g/mol. The summed E-state index contributed by atoms with van der Waals surface area (Å²) in [6.45, 7) is 5.74. The first kappa shape index (κ1) is 21.1. The topological polar surface area (TPSA) is 106 Å². The van der Waals surface area contributed by atoms with Crippen molar-refractivity contribution in [3.63, 3.8) is 0 Å². The van der Waals surface area contributed by atoms with Crippen molar-refractivity contribution in [3.8, 4) is 5.75 Å². The van der Waals surface area contributed by atoms with Crippen LogP contribution in [-0.2, 0) is 14.3 Å². The van der Waals surface area contributed by atoms with Crippen molar-refractivity contribution >= 4 is 35.1 Å². The Balaban J connectivity index is 2.45. The monoisotopic (exact) mass is 379 g/mol. The first-order valence-corrected chi connectivity index (χ1v) is 8.27. The highest BCUT2D eigenvalue weighted by Gasteiger charge is 2.13. The molecule has 0 heterocycles. The van der Waals surface area contributed by atoms with Gasteiger partial charge in [0.15, 0.2) is 5.11 Å². The Labute approximate surface area is 156 Å². The molecule has 1 aromatic carbocycles. The number of hydrazine groups is 1. The number of esters is 1. The first-order chi connectivity index (χ1) is 12.5. The number of benzene rings is 1. The highest BCUT2D eigenvalue weighted by Crippen LogP contribution is 2.17. The summed E-state index contributed by atoms with van der Waals surface area (Å²) in [6.07, 6.45) is 1.43. The number of thiocarbonyl (C=S) groups is 1. The van der Waals surface area contributed by atoms with Crippen LogP contribution in [0.4, 0.5) is 0 Å². The maximum absolute atomic E-state index is 12.2. The second kappa shape index (κ2) is 11.6. The SMILES string of the molecule is C=CCOc1ccccc1C(=O)NNC(=S)NC(=O)CCC(=O)OCC. The van der Waals surface area contributed by atoms with Crippen LogP contribution in [0, 0.1) is 0 Å². The number of rotatable bonds is 8. The molecule has 1 aromatic rings. The molecule has 0 fully saturated rings. The van der Waals surface area contributed by atoms with Crippen LogP contribution >= 0.6 is 12.2 Å². The Morgan fingerprint density at radius 1 is 1.19 bits per heavy atom. The standard InChI is InChI=1S/C17H21N3O5S/c1-3-11-25-13-8-6-5-7-12(13)16(23)19-20-17(26)18-14(21)9-10-15(22)24-4-2/h3,5-8H,1,4,9-11H2,2H3,(H,19,23)(H2,18,20,21,26). The maximum atomic E-state index is 12.2. The van der Waals surface area contributed by atoms with Gasteiger partial charge < -0.3 is 14.8 Å². The van der Waals surface area contributed by atoms with Crippen molar-refractivity contribution in [3.05, 3.63) is 42.5 Å². The third-order valence-electron chi connectivity index (χ3n) is 2.89. The van der Waals surface area contributed by atoms with Crippen LogP contribution in [0.5, 0.6) is 5.75 Å². The molecule has 0 bridgehead atoms. The van der Waals surface area contributed by atoms with Gasteiger partial charge in [0, 0.05) is 6.42 Å². The summed E-state index contributed by atoms with van der Waals surface area (Å²) in [5.74, 6) is -1.05. The summed E-state index contributed by atoms with van der Waals surface area (Å²) in [5.41, 5.74) is 5.07. The zero-order valence-corrected chi connectivity index (χ0v) is 15.2. The van der Waals surface area contributed by atoms with E-state index in [9.17, 15) is 14.4 Å². The molecule has 0 unspecified atom stereocenters. The molecule has 0 aliphatic carbocycles. The van der Waals surface area contributed by atoms with Gasteiger partial charge in [-0.2, -0.15) is 0 Å². The summed E-state index contributed by atoms with van der Waals surface area (Å²) in [4.78, 5) is 35.0. The van der Waals surface area contributed by atoms with Crippen LogP contribution in [-0.4, -0.2) is 36.1 Å². The number of amides is 2. The molecule has 0 radical (unpaired) electrons. The molecule has 0 aromatic heterocycles. The van der Waals surface area contributed by atoms with E-state index >= 15 is 0 Å². The van der Waals surface area contributed by atoms with Gasteiger partial charge in [-0.1, -0.05) is 24.8 Å². The minimum Gasteiger partial charge on any atom is -0.489 e. The lowest BCUT2D eigenvalue weighted by Gasteiger charge is -2.13. The fourth-order valence-electron chi connectivity index (χ4n) is 1.78. The Morgan fingerprint density at radius 2 is 1.92 bits per heavy atom. The number of hydrogen-bond acceptors (Lipinski definition) is 6. The van der Waals surface area contributed by atoms with Crippen LogP contribution in [0.3, 0.4) is 0 Å². The van der Waals surface area contributed by atoms with Crippen LogP contribution in [0.1, 0.15) is 30.1 Å². The zero-order chi connectivity index (χ0) is 19.4. The zero-order valence-electron chi connectivity index (χ0n) is 14.4. The summed E-state index contributed by atoms with van der Waals surface area (Å²) < 4.78 is 10.1. The predicted octanol–water partition coefficient (Wildman–Crippen LogP) is 1.23. The highest BCUT2D eigenvalue weighted by molar-refractivity contribution is 7.80. The second-order valence-electron chi connectivity index (χ2n) is 4.86. The van der Waals surface area contributed by atoms with Gasteiger partial charge in [0.1, 0.15) is 12.4 Å². The van der Waals surface area contributed by atoms with E-state index in [0.717, 1.165) is 0 Å². The van der Waals surface area contributed by atoms with Crippen LogP contribution in [0.25, 0.3) is 0 Å². The van der Waals surface area contributed by atoms with Gasteiger partial charge in [0.05, 0.1) is 18.6 Å². The Bertz CT molecular complexity index is 678. The van der Waals surface area contributed by atoms with Gasteiger partial charge in [-0.15, -0.1) is 0 Å². The lowest BCUT2D eigenvalue weighted by Crippen LogP contribution is -2.48. The molecule has 26 heavy (non-hydrogen) atoms. The fraction of sp³-hybridized carbons (Fsp3) is 0.294. The molecule has 1 rings (SSSR count). The van der Waals surface area contributed by atoms with E-state index in [-0.39, 0.29) is 31.2 Å². The second-order valence-corrected chi connectivity index (χ2v) is 5.27. The Kier molecular flexibility index (Phi) is 9.40. The van der Waals surface area contributed by atoms with Gasteiger partial charge in [-0.3, -0.25) is 25.2 Å². The molecule has 0 saturated heterocycles. The minimum atomic E-state index is -0.493. The molecule has 3 N–H and O–H groups in total. The number of carbonyl (C=O) groups is 3. The van der Waals surface area contributed by atoms with Gasteiger partial charge in [-0.25, -0.2) is 0 Å². The number of carbonyl (C=O) groups excluding carboxylic acids is 3. The van der Waals surface area contributed by atoms with E-state index in [1.54, 1.807) is 37.3 Å². The smallest absolute Gasteiger partial charge is 0.306 e. The number of nitrogens with one attached hydrogen (secondary N) is 3. The molecule has 0 aliphatic heterocycles. The predicted molar refractivity (Wildman–Crippen MR) is 99.3 cm³/mol. The third kappa shape index (κ3) is 7.75. The van der Waals surface area contributed by atoms with Gasteiger partial charge in [0.25, 0.3) is 5.91 Å². The summed E-state index contributed by atoms with van der Waals surface area (Å²) in [5, 5.41) is 2.25. The molecule has 140 valence electrons. The van der Waals surface area contributed by atoms with Crippen LogP contribution in [0.2, 0.25) is 0 Å². The molecule has 0 saturated carbocycles. The largest absolute Gasteiger partial charge is 0.489 e. The molecular formula is C17H21N3O5S. The Hall–Kier alpha value is -2.94. The lowest BCUT2D eigenvalue weighted by atomic mass is 10.2. The van der Waals surface area contributed by atoms with Crippen molar-refractivity contribution in [2.24, 2.45) is 0 Å². The highest BCUT2D eigenvalue weighted by atomic mass is 32.1. The third-order valence-corrected chi connectivity index (χ3v) is 3.10. The van der Waals surface area contributed by atoms with E-state index in [0.29, 0.717) is 11.3 Å². The minimum absolute atomic E-state index is 0.0529. The molecule has 2 amide bonds. The van der Waals surface area contributed by atoms with E-state index in [2.05, 4.69) is 22.7 Å². The van der Waals surface area contributed by atoms with Crippen molar-refractivity contribution < 1.29 is 23.9 Å². The van der Waals surface area contributed by atoms with E-state index in [1.165, 1.54) is 0 Å². The Morgan fingerprint density at radius 3 is 2.62 bits per heavy atom.